The molecule has 0 unspecified atom stereocenters. The molecule has 0 saturated heterocycles. The topological polar surface area (TPSA) is 66.5 Å². The van der Waals surface area contributed by atoms with Gasteiger partial charge in [0.25, 0.3) is 5.91 Å². The Labute approximate surface area is 143 Å². The van der Waals surface area contributed by atoms with E-state index in [1.807, 2.05) is 30.1 Å². The van der Waals surface area contributed by atoms with Gasteiger partial charge in [0, 0.05) is 26.2 Å². The van der Waals surface area contributed by atoms with Gasteiger partial charge in [-0.1, -0.05) is 31.2 Å². The van der Waals surface area contributed by atoms with Gasteiger partial charge in [-0.3, -0.25) is 4.79 Å². The lowest BCUT2D eigenvalue weighted by Crippen LogP contribution is -2.20. The zero-order chi connectivity index (χ0) is 17.7. The van der Waals surface area contributed by atoms with E-state index in [1.54, 1.807) is 44.3 Å². The molecular formula is C18H22N2O3S. The van der Waals surface area contributed by atoms with Crippen LogP contribution in [-0.4, -0.2) is 34.2 Å². The summed E-state index contributed by atoms with van der Waals surface area (Å²) in [7, 11) is 0.168. The number of anilines is 1. The van der Waals surface area contributed by atoms with Gasteiger partial charge in [-0.15, -0.1) is 0 Å². The van der Waals surface area contributed by atoms with Gasteiger partial charge >= 0.3 is 0 Å². The van der Waals surface area contributed by atoms with Gasteiger partial charge in [-0.2, -0.15) is 0 Å². The Morgan fingerprint density at radius 3 is 2.29 bits per heavy atom. The second kappa shape index (κ2) is 7.49. The molecule has 0 radical (unpaired) electrons. The summed E-state index contributed by atoms with van der Waals surface area (Å²) in [4.78, 5) is 13.8. The fourth-order valence-electron chi connectivity index (χ4n) is 2.46. The summed E-state index contributed by atoms with van der Waals surface area (Å²) in [6.45, 7) is 2.19. The van der Waals surface area contributed by atoms with Gasteiger partial charge in [0.2, 0.25) is 0 Å². The zero-order valence-electron chi connectivity index (χ0n) is 14.1. The summed E-state index contributed by atoms with van der Waals surface area (Å²) >= 11 is 0. The van der Waals surface area contributed by atoms with Crippen molar-refractivity contribution in [1.82, 2.24) is 5.32 Å². The maximum absolute atomic E-state index is 12.3. The molecule has 1 amide bonds. The van der Waals surface area contributed by atoms with Crippen LogP contribution in [-0.2, 0) is 16.4 Å². The first-order valence-corrected chi connectivity index (χ1v) is 9.38. The largest absolute Gasteiger partial charge is 0.369 e. The molecule has 2 rings (SSSR count). The van der Waals surface area contributed by atoms with Crippen LogP contribution in [0.2, 0.25) is 0 Å². The third kappa shape index (κ3) is 3.94. The molecule has 0 atom stereocenters. The van der Waals surface area contributed by atoms with E-state index >= 15 is 0 Å². The van der Waals surface area contributed by atoms with Crippen molar-refractivity contribution in [3.05, 3.63) is 59.7 Å². The third-order valence-corrected chi connectivity index (χ3v) is 5.63. The Bertz CT molecular complexity index is 814. The number of carbonyl (C=O) groups is 1. The Hall–Kier alpha value is -2.34. The van der Waals surface area contributed by atoms with Gasteiger partial charge in [0.15, 0.2) is 9.84 Å². The lowest BCUT2D eigenvalue weighted by molar-refractivity contribution is 0.0963. The number of sulfone groups is 1. The van der Waals surface area contributed by atoms with Crippen LogP contribution >= 0.6 is 0 Å². The van der Waals surface area contributed by atoms with E-state index in [9.17, 15) is 13.2 Å². The molecule has 24 heavy (non-hydrogen) atoms. The molecule has 2 aromatic rings. The molecule has 5 nitrogen and oxygen atoms in total. The van der Waals surface area contributed by atoms with Crippen molar-refractivity contribution in [3.63, 3.8) is 0 Å². The molecule has 0 aliphatic rings. The number of nitrogens with zero attached hydrogens (tertiary/aromatic N) is 1. The number of carbonyl (C=O) groups excluding carboxylic acids is 1. The van der Waals surface area contributed by atoms with Crippen LogP contribution in [0.5, 0.6) is 0 Å². The molecule has 6 heteroatoms. The van der Waals surface area contributed by atoms with Crippen LogP contribution in [0.1, 0.15) is 22.8 Å². The molecule has 128 valence electrons. The average Bonchev–Trinajstić information content (AvgIpc) is 2.61. The summed E-state index contributed by atoms with van der Waals surface area (Å²) in [6.07, 6.45) is 0. The van der Waals surface area contributed by atoms with Gasteiger partial charge in [0.05, 0.1) is 16.3 Å². The number of benzene rings is 2. The Balaban J connectivity index is 2.25. The molecule has 0 heterocycles. The normalized spacial score (nSPS) is 11.1. The van der Waals surface area contributed by atoms with Crippen molar-refractivity contribution in [2.45, 2.75) is 18.4 Å². The van der Waals surface area contributed by atoms with E-state index in [0.717, 1.165) is 5.56 Å². The quantitative estimate of drug-likeness (QED) is 0.873. The standard InChI is InChI=1S/C18H22N2O3S/c1-4-24(22,23)17-8-6-5-7-16(17)20(3)13-14-9-11-15(12-10-14)18(21)19-2/h5-12H,4,13H2,1-3H3,(H,19,21). The van der Waals surface area contributed by atoms with Gasteiger partial charge in [-0.25, -0.2) is 8.42 Å². The second-order valence-electron chi connectivity index (χ2n) is 5.50. The van der Waals surface area contributed by atoms with E-state index in [0.29, 0.717) is 22.7 Å². The molecule has 0 fully saturated rings. The van der Waals surface area contributed by atoms with Crippen LogP contribution in [0.25, 0.3) is 0 Å². The molecule has 0 bridgehead atoms. The average molecular weight is 346 g/mol. The molecule has 0 saturated carbocycles. The lowest BCUT2D eigenvalue weighted by Gasteiger charge is -2.22. The van der Waals surface area contributed by atoms with E-state index in [4.69, 9.17) is 0 Å². The van der Waals surface area contributed by atoms with E-state index in [2.05, 4.69) is 5.32 Å². The molecule has 0 spiro atoms. The zero-order valence-corrected chi connectivity index (χ0v) is 14.9. The minimum Gasteiger partial charge on any atom is -0.369 e. The molecule has 1 N–H and O–H groups in total. The predicted octanol–water partition coefficient (Wildman–Crippen LogP) is 2.48. The summed E-state index contributed by atoms with van der Waals surface area (Å²) < 4.78 is 24.5. The maximum Gasteiger partial charge on any atom is 0.251 e. The smallest absolute Gasteiger partial charge is 0.251 e. The SMILES string of the molecule is CCS(=O)(=O)c1ccccc1N(C)Cc1ccc(C(=O)NC)cc1. The van der Waals surface area contributed by atoms with Gasteiger partial charge in [0.1, 0.15) is 0 Å². The van der Waals surface area contributed by atoms with Crippen LogP contribution in [0.4, 0.5) is 5.69 Å². The first-order valence-electron chi connectivity index (χ1n) is 7.73. The van der Waals surface area contributed by atoms with Crippen molar-refractivity contribution in [2.75, 3.05) is 24.7 Å². The number of hydrogen-bond donors (Lipinski definition) is 1. The first kappa shape index (κ1) is 18.0. The number of nitrogens with one attached hydrogen (secondary N) is 1. The van der Waals surface area contributed by atoms with Crippen LogP contribution in [0, 0.1) is 0 Å². The molecular weight excluding hydrogens is 324 g/mol. The maximum atomic E-state index is 12.3. The van der Waals surface area contributed by atoms with Crippen LogP contribution in [0.15, 0.2) is 53.4 Å². The summed E-state index contributed by atoms with van der Waals surface area (Å²) in [5, 5.41) is 2.58. The Morgan fingerprint density at radius 2 is 1.71 bits per heavy atom. The van der Waals surface area contributed by atoms with E-state index in [-0.39, 0.29) is 11.7 Å². The minimum atomic E-state index is -3.28. The van der Waals surface area contributed by atoms with E-state index in [1.165, 1.54) is 0 Å². The van der Waals surface area contributed by atoms with Crippen LogP contribution in [0.3, 0.4) is 0 Å². The molecule has 2 aromatic carbocycles. The second-order valence-corrected chi connectivity index (χ2v) is 7.75. The molecule has 0 aromatic heterocycles. The van der Waals surface area contributed by atoms with Crippen molar-refractivity contribution >= 4 is 21.4 Å². The molecule has 0 aliphatic heterocycles. The molecule has 0 aliphatic carbocycles. The Kier molecular flexibility index (Phi) is 5.62. The highest BCUT2D eigenvalue weighted by Gasteiger charge is 2.18. The van der Waals surface area contributed by atoms with Gasteiger partial charge in [-0.05, 0) is 29.8 Å². The monoisotopic (exact) mass is 346 g/mol. The van der Waals surface area contributed by atoms with Crippen molar-refractivity contribution in [2.24, 2.45) is 0 Å². The Morgan fingerprint density at radius 1 is 1.08 bits per heavy atom. The van der Waals surface area contributed by atoms with Crippen LogP contribution < -0.4 is 10.2 Å². The predicted molar refractivity (Wildman–Crippen MR) is 96.1 cm³/mol. The first-order chi connectivity index (χ1) is 11.4. The number of amides is 1. The van der Waals surface area contributed by atoms with Gasteiger partial charge < -0.3 is 10.2 Å². The minimum absolute atomic E-state index is 0.0681. The third-order valence-electron chi connectivity index (χ3n) is 3.85. The number of rotatable bonds is 6. The van der Waals surface area contributed by atoms with Crippen molar-refractivity contribution in [3.8, 4) is 0 Å². The lowest BCUT2D eigenvalue weighted by atomic mass is 10.1. The summed E-state index contributed by atoms with van der Waals surface area (Å²) in [5.74, 6) is -0.0622. The summed E-state index contributed by atoms with van der Waals surface area (Å²) in [5.41, 5.74) is 2.27. The van der Waals surface area contributed by atoms with Crippen molar-refractivity contribution in [1.29, 1.82) is 0 Å². The van der Waals surface area contributed by atoms with E-state index < -0.39 is 9.84 Å². The highest BCUT2D eigenvalue weighted by Crippen LogP contribution is 2.26. The van der Waals surface area contributed by atoms with Crippen molar-refractivity contribution < 1.29 is 13.2 Å². The number of hydrogen-bond acceptors (Lipinski definition) is 4. The highest BCUT2D eigenvalue weighted by atomic mass is 32.2. The summed E-state index contributed by atoms with van der Waals surface area (Å²) in [6, 6.07) is 14.3. The fourth-order valence-corrected chi connectivity index (χ4v) is 3.60. The highest BCUT2D eigenvalue weighted by molar-refractivity contribution is 7.91. The fraction of sp³-hybridized carbons (Fsp3) is 0.278. The number of para-hydroxylation sites is 1.